The Morgan fingerprint density at radius 3 is 2.80 bits per heavy atom. The zero-order valence-corrected chi connectivity index (χ0v) is 8.39. The standard InChI is InChI=1S/C7H7NO6S/c1-12-5-2-3-7(15-14-13-11)6(4-5)8(9)10/h2-4,11H,1H3. The summed E-state index contributed by atoms with van der Waals surface area (Å²) >= 11 is 0.525. The number of methoxy groups -OCH3 is 1. The summed E-state index contributed by atoms with van der Waals surface area (Å²) in [6.07, 6.45) is 0. The van der Waals surface area contributed by atoms with Crippen molar-refractivity contribution in [3.8, 4) is 5.75 Å². The van der Waals surface area contributed by atoms with Crippen LogP contribution in [-0.2, 0) is 9.37 Å². The number of hydrogen-bond acceptors (Lipinski definition) is 7. The number of nitro groups is 1. The van der Waals surface area contributed by atoms with Crippen LogP contribution in [0.15, 0.2) is 23.1 Å². The van der Waals surface area contributed by atoms with E-state index in [4.69, 9.17) is 9.99 Å². The van der Waals surface area contributed by atoms with E-state index in [1.807, 2.05) is 0 Å². The third-order valence-electron chi connectivity index (χ3n) is 1.52. The van der Waals surface area contributed by atoms with E-state index in [2.05, 4.69) is 9.37 Å². The average molecular weight is 233 g/mol. The maximum atomic E-state index is 10.6. The Hall–Kier alpha value is -1.35. The van der Waals surface area contributed by atoms with Gasteiger partial charge in [0.15, 0.2) is 0 Å². The van der Waals surface area contributed by atoms with Gasteiger partial charge in [0.25, 0.3) is 5.69 Å². The second-order valence-electron chi connectivity index (χ2n) is 2.32. The Morgan fingerprint density at radius 1 is 1.53 bits per heavy atom. The van der Waals surface area contributed by atoms with Gasteiger partial charge in [0.05, 0.1) is 30.1 Å². The first-order valence-corrected chi connectivity index (χ1v) is 4.40. The second-order valence-corrected chi connectivity index (χ2v) is 3.06. The molecule has 0 saturated heterocycles. The monoisotopic (exact) mass is 233 g/mol. The SMILES string of the molecule is COc1ccc(SOOO)c([N+](=O)[O-])c1. The largest absolute Gasteiger partial charge is 0.497 e. The molecule has 0 fully saturated rings. The van der Waals surface area contributed by atoms with Gasteiger partial charge in [-0.05, 0) is 12.1 Å². The maximum absolute atomic E-state index is 10.6. The van der Waals surface area contributed by atoms with E-state index in [0.717, 1.165) is 0 Å². The number of hydrogen-bond donors (Lipinski definition) is 1. The van der Waals surface area contributed by atoms with Crippen molar-refractivity contribution in [1.82, 2.24) is 0 Å². The summed E-state index contributed by atoms with van der Waals surface area (Å²) < 4.78 is 8.94. The molecule has 0 heterocycles. The summed E-state index contributed by atoms with van der Waals surface area (Å²) in [6, 6.07) is 4.18. The van der Waals surface area contributed by atoms with Gasteiger partial charge >= 0.3 is 0 Å². The molecule has 15 heavy (non-hydrogen) atoms. The molecule has 0 aromatic heterocycles. The summed E-state index contributed by atoms with van der Waals surface area (Å²) in [4.78, 5) is 10.2. The van der Waals surface area contributed by atoms with Crippen molar-refractivity contribution in [3.63, 3.8) is 0 Å². The lowest BCUT2D eigenvalue weighted by Gasteiger charge is -2.02. The molecule has 0 aliphatic heterocycles. The van der Waals surface area contributed by atoms with Gasteiger partial charge in [0, 0.05) is 0 Å². The van der Waals surface area contributed by atoms with Crippen LogP contribution < -0.4 is 4.74 Å². The zero-order chi connectivity index (χ0) is 11.3. The van der Waals surface area contributed by atoms with Crippen molar-refractivity contribution in [3.05, 3.63) is 28.3 Å². The molecule has 1 N–H and O–H groups in total. The minimum atomic E-state index is -0.592. The summed E-state index contributed by atoms with van der Waals surface area (Å²) in [6.45, 7) is 0. The zero-order valence-electron chi connectivity index (χ0n) is 7.58. The fourth-order valence-corrected chi connectivity index (χ4v) is 1.34. The highest BCUT2D eigenvalue weighted by Crippen LogP contribution is 2.32. The molecule has 0 radical (unpaired) electrons. The van der Waals surface area contributed by atoms with Crippen molar-refractivity contribution in [2.24, 2.45) is 0 Å². The van der Waals surface area contributed by atoms with Gasteiger partial charge < -0.3 is 4.74 Å². The number of rotatable bonds is 5. The highest BCUT2D eigenvalue weighted by atomic mass is 32.2. The van der Waals surface area contributed by atoms with Crippen LogP contribution in [0, 0.1) is 10.1 Å². The third kappa shape index (κ3) is 3.06. The van der Waals surface area contributed by atoms with E-state index in [1.165, 1.54) is 25.3 Å². The highest BCUT2D eigenvalue weighted by Gasteiger charge is 2.16. The Bertz CT molecular complexity index is 357. The van der Waals surface area contributed by atoms with Gasteiger partial charge in [-0.2, -0.15) is 0 Å². The molecule has 7 nitrogen and oxygen atoms in total. The number of benzene rings is 1. The van der Waals surface area contributed by atoms with Crippen LogP contribution in [-0.4, -0.2) is 17.3 Å². The number of ether oxygens (including phenoxy) is 1. The van der Waals surface area contributed by atoms with Crippen LogP contribution >= 0.6 is 12.0 Å². The van der Waals surface area contributed by atoms with E-state index in [9.17, 15) is 10.1 Å². The first-order chi connectivity index (χ1) is 7.19. The molecule has 0 saturated carbocycles. The van der Waals surface area contributed by atoms with Crippen molar-refractivity contribution in [2.45, 2.75) is 4.90 Å². The smallest absolute Gasteiger partial charge is 0.289 e. The predicted molar refractivity (Wildman–Crippen MR) is 50.3 cm³/mol. The van der Waals surface area contributed by atoms with Crippen LogP contribution in [0.5, 0.6) is 5.75 Å². The van der Waals surface area contributed by atoms with E-state index in [1.54, 1.807) is 0 Å². The van der Waals surface area contributed by atoms with E-state index >= 15 is 0 Å². The quantitative estimate of drug-likeness (QED) is 0.360. The molecular weight excluding hydrogens is 226 g/mol. The van der Waals surface area contributed by atoms with Gasteiger partial charge in [-0.25, -0.2) is 5.26 Å². The topological polar surface area (TPSA) is 91.1 Å². The molecule has 0 bridgehead atoms. The highest BCUT2D eigenvalue weighted by molar-refractivity contribution is 7.94. The molecule has 82 valence electrons. The Balaban J connectivity index is 2.98. The Morgan fingerprint density at radius 2 is 2.27 bits per heavy atom. The van der Waals surface area contributed by atoms with Gasteiger partial charge in [0.1, 0.15) is 10.6 Å². The number of nitro benzene ring substituents is 1. The second kappa shape index (κ2) is 5.51. The van der Waals surface area contributed by atoms with Gasteiger partial charge in [0.2, 0.25) is 0 Å². The van der Waals surface area contributed by atoms with Crippen molar-refractivity contribution in [1.29, 1.82) is 0 Å². The molecule has 1 rings (SSSR count). The maximum Gasteiger partial charge on any atom is 0.289 e. The molecule has 0 amide bonds. The summed E-state index contributed by atoms with van der Waals surface area (Å²) in [5.74, 6) is 0.357. The molecule has 1 aromatic carbocycles. The average Bonchev–Trinajstić information content (AvgIpc) is 2.26. The molecule has 0 unspecified atom stereocenters. The lowest BCUT2D eigenvalue weighted by atomic mass is 10.3. The van der Waals surface area contributed by atoms with Crippen LogP contribution in [0.3, 0.4) is 0 Å². The molecule has 0 aliphatic carbocycles. The van der Waals surface area contributed by atoms with Gasteiger partial charge in [-0.15, -0.1) is 4.33 Å². The molecule has 0 atom stereocenters. The predicted octanol–water partition coefficient (Wildman–Crippen LogP) is 2.03. The van der Waals surface area contributed by atoms with Crippen molar-refractivity contribution >= 4 is 17.7 Å². The van der Waals surface area contributed by atoms with Crippen LogP contribution in [0.4, 0.5) is 5.69 Å². The van der Waals surface area contributed by atoms with Crippen LogP contribution in [0.1, 0.15) is 0 Å². The lowest BCUT2D eigenvalue weighted by molar-refractivity contribution is -0.432. The van der Waals surface area contributed by atoms with Gasteiger partial charge in [-0.3, -0.25) is 10.1 Å². The van der Waals surface area contributed by atoms with Crippen LogP contribution in [0.25, 0.3) is 0 Å². The van der Waals surface area contributed by atoms with E-state index in [-0.39, 0.29) is 10.6 Å². The molecular formula is C7H7NO6S. The van der Waals surface area contributed by atoms with E-state index in [0.29, 0.717) is 17.8 Å². The minimum Gasteiger partial charge on any atom is -0.497 e. The Labute approximate surface area is 88.8 Å². The molecule has 0 spiro atoms. The van der Waals surface area contributed by atoms with E-state index < -0.39 is 4.92 Å². The summed E-state index contributed by atoms with van der Waals surface area (Å²) in [5.41, 5.74) is -0.198. The van der Waals surface area contributed by atoms with Gasteiger partial charge in [-0.1, -0.05) is 5.04 Å². The first-order valence-electron chi connectivity index (χ1n) is 3.66. The fourth-order valence-electron chi connectivity index (χ4n) is 0.889. The molecule has 8 heteroatoms. The normalized spacial score (nSPS) is 10.0. The molecule has 1 aromatic rings. The summed E-state index contributed by atoms with van der Waals surface area (Å²) in [5, 5.41) is 21.9. The fraction of sp³-hybridized carbons (Fsp3) is 0.143. The number of nitrogens with zero attached hydrogens (tertiary/aromatic N) is 1. The summed E-state index contributed by atoms with van der Waals surface area (Å²) in [7, 11) is 1.40. The molecule has 0 aliphatic rings. The lowest BCUT2D eigenvalue weighted by Crippen LogP contribution is -1.93. The minimum absolute atomic E-state index is 0.190. The first kappa shape index (κ1) is 11.7. The van der Waals surface area contributed by atoms with Crippen molar-refractivity contribution in [2.75, 3.05) is 7.11 Å². The third-order valence-corrected chi connectivity index (χ3v) is 2.17. The Kier molecular flexibility index (Phi) is 4.31. The van der Waals surface area contributed by atoms with Crippen molar-refractivity contribution < 1.29 is 24.3 Å². The van der Waals surface area contributed by atoms with Crippen LogP contribution in [0.2, 0.25) is 0 Å².